The van der Waals surface area contributed by atoms with Crippen LogP contribution in [-0.4, -0.2) is 53.7 Å². The highest BCUT2D eigenvalue weighted by Gasteiger charge is 2.53. The summed E-state index contributed by atoms with van der Waals surface area (Å²) in [7, 11) is -4.87. The van der Waals surface area contributed by atoms with E-state index in [9.17, 15) is 27.7 Å². The highest BCUT2D eigenvalue weighted by Crippen LogP contribution is 2.52. The van der Waals surface area contributed by atoms with Crippen LogP contribution in [0.4, 0.5) is 19.0 Å². The fourth-order valence-corrected chi connectivity index (χ4v) is 3.58. The van der Waals surface area contributed by atoms with E-state index in [2.05, 4.69) is 4.98 Å². The number of carbonyl (C=O) groups is 2. The molecule has 3 atom stereocenters. The van der Waals surface area contributed by atoms with Crippen LogP contribution in [0.3, 0.4) is 0 Å². The van der Waals surface area contributed by atoms with Crippen molar-refractivity contribution in [3.8, 4) is 0 Å². The van der Waals surface area contributed by atoms with Crippen molar-refractivity contribution < 1.29 is 55.1 Å². The number of phosphoric acid groups is 1. The predicted octanol–water partition coefficient (Wildman–Crippen LogP) is 3.14. The monoisotopic (exact) mass is 573 g/mol. The first kappa shape index (κ1) is 31.7. The lowest BCUT2D eigenvalue weighted by Gasteiger charge is -2.25. The highest BCUT2D eigenvalue weighted by atomic mass is 31.2. The summed E-state index contributed by atoms with van der Waals surface area (Å²) in [6, 6.07) is 0. The number of nitrogen functional groups attached to an aromatic ring is 1. The van der Waals surface area contributed by atoms with Crippen LogP contribution < -0.4 is 11.4 Å². The third-order valence-electron chi connectivity index (χ3n) is 4.90. The Morgan fingerprint density at radius 3 is 2.11 bits per heavy atom. The molecule has 0 bridgehead atoms. The Kier molecular flexibility index (Phi) is 9.76. The molecule has 0 aromatic carbocycles. The minimum atomic E-state index is -4.87. The third-order valence-corrected chi connectivity index (χ3v) is 6.19. The zero-order chi connectivity index (χ0) is 29.1. The Bertz CT molecular complexity index is 1100. The van der Waals surface area contributed by atoms with Crippen molar-refractivity contribution in [1.82, 2.24) is 9.55 Å². The van der Waals surface area contributed by atoms with Crippen molar-refractivity contribution in [2.45, 2.75) is 66.2 Å². The predicted molar refractivity (Wildman–Crippen MR) is 123 cm³/mol. The number of carbonyl (C=O) groups excluding carboxylic acids is 2. The molecule has 1 aliphatic rings. The van der Waals surface area contributed by atoms with Crippen molar-refractivity contribution in [2.24, 2.45) is 10.8 Å². The molecular weight excluding hydrogens is 542 g/mol. The van der Waals surface area contributed by atoms with Gasteiger partial charge in [0.1, 0.15) is 12.8 Å². The molecule has 2 heterocycles. The van der Waals surface area contributed by atoms with Gasteiger partial charge in [0.2, 0.25) is 13.6 Å². The van der Waals surface area contributed by atoms with Gasteiger partial charge in [0.15, 0.2) is 17.8 Å². The number of hydrogen-bond donors (Lipinski definition) is 1. The summed E-state index contributed by atoms with van der Waals surface area (Å²) >= 11 is 0. The van der Waals surface area contributed by atoms with Crippen LogP contribution in [-0.2, 0) is 41.9 Å². The van der Waals surface area contributed by atoms with Crippen molar-refractivity contribution in [2.75, 3.05) is 25.9 Å². The van der Waals surface area contributed by atoms with E-state index in [-0.39, 0.29) is 0 Å². The molecule has 0 aliphatic carbocycles. The lowest BCUT2D eigenvalue weighted by atomic mass is 9.98. The van der Waals surface area contributed by atoms with Gasteiger partial charge in [-0.15, -0.1) is 0 Å². The van der Waals surface area contributed by atoms with Gasteiger partial charge in [0.05, 0.1) is 17.0 Å². The number of aromatic nitrogens is 2. The quantitative estimate of drug-likeness (QED) is 0.247. The molecule has 13 nitrogen and oxygen atoms in total. The van der Waals surface area contributed by atoms with E-state index in [4.69, 9.17) is 33.5 Å². The molecule has 0 spiro atoms. The smallest absolute Gasteiger partial charge is 0.437 e. The van der Waals surface area contributed by atoms with E-state index in [0.717, 1.165) is 0 Å². The van der Waals surface area contributed by atoms with Gasteiger partial charge in [-0.25, -0.2) is 31.6 Å². The minimum absolute atomic E-state index is 0.490. The summed E-state index contributed by atoms with van der Waals surface area (Å²) in [6.07, 6.45) is -4.32. The first-order valence-corrected chi connectivity index (χ1v) is 12.7. The van der Waals surface area contributed by atoms with E-state index in [1.807, 2.05) is 0 Å². The van der Waals surface area contributed by atoms with E-state index in [1.165, 1.54) is 41.5 Å². The second-order valence-corrected chi connectivity index (χ2v) is 12.0. The average Bonchev–Trinajstić information content (AvgIpc) is 3.08. The molecule has 216 valence electrons. The topological polar surface area (TPSA) is 168 Å². The fraction of sp³-hybridized carbons (Fsp3) is 0.714. The maximum Gasteiger partial charge on any atom is 0.480 e. The number of esters is 2. The number of nitrogens with zero attached hydrogens (tertiary/aromatic N) is 2. The van der Waals surface area contributed by atoms with E-state index in [1.54, 1.807) is 0 Å². The Labute approximate surface area is 216 Å². The van der Waals surface area contributed by atoms with Crippen molar-refractivity contribution in [3.05, 3.63) is 22.5 Å². The van der Waals surface area contributed by atoms with Gasteiger partial charge >= 0.3 is 25.5 Å². The molecule has 1 aliphatic heterocycles. The van der Waals surface area contributed by atoms with Gasteiger partial charge in [-0.1, -0.05) is 0 Å². The Morgan fingerprint density at radius 1 is 1.13 bits per heavy atom. The second kappa shape index (κ2) is 11.7. The third kappa shape index (κ3) is 8.24. The molecule has 38 heavy (non-hydrogen) atoms. The Balaban J connectivity index is 2.13. The highest BCUT2D eigenvalue weighted by molar-refractivity contribution is 7.48. The number of anilines is 1. The molecule has 2 N–H and O–H groups in total. The normalized spacial score (nSPS) is 22.3. The first-order valence-electron chi connectivity index (χ1n) is 11.2. The van der Waals surface area contributed by atoms with Crippen LogP contribution in [0.1, 0.15) is 54.2 Å². The summed E-state index contributed by atoms with van der Waals surface area (Å²) in [5.74, 6) is -6.67. The molecule has 1 aromatic rings. The molecule has 1 aromatic heterocycles. The lowest BCUT2D eigenvalue weighted by molar-refractivity contribution is -0.197. The number of hydrogen-bond acceptors (Lipinski definition) is 12. The zero-order valence-corrected chi connectivity index (χ0v) is 22.6. The largest absolute Gasteiger partial charge is 0.480 e. The van der Waals surface area contributed by atoms with Gasteiger partial charge < -0.3 is 19.9 Å². The number of ether oxygens (including phenoxy) is 3. The Morgan fingerprint density at radius 2 is 1.63 bits per heavy atom. The maximum atomic E-state index is 15.3. The number of halogens is 3. The Hall–Kier alpha value is -2.52. The van der Waals surface area contributed by atoms with Crippen molar-refractivity contribution in [3.63, 3.8) is 0 Å². The van der Waals surface area contributed by atoms with Gasteiger partial charge in [-0.3, -0.25) is 18.7 Å². The molecule has 17 heteroatoms. The second-order valence-electron chi connectivity index (χ2n) is 10.3. The molecule has 0 saturated carbocycles. The molecule has 0 radical (unpaired) electrons. The zero-order valence-electron chi connectivity index (χ0n) is 21.7. The summed E-state index contributed by atoms with van der Waals surface area (Å²) in [5, 5.41) is 0. The summed E-state index contributed by atoms with van der Waals surface area (Å²) in [4.78, 5) is 39.0. The van der Waals surface area contributed by atoms with E-state index >= 15 is 4.39 Å². The van der Waals surface area contributed by atoms with E-state index in [0.29, 0.717) is 10.8 Å². The molecule has 1 saturated heterocycles. The molecule has 0 unspecified atom stereocenters. The van der Waals surface area contributed by atoms with E-state index < -0.39 is 92.8 Å². The van der Waals surface area contributed by atoms with Gasteiger partial charge in [0, 0.05) is 6.42 Å². The van der Waals surface area contributed by atoms with Gasteiger partial charge in [-0.05, 0) is 41.5 Å². The lowest BCUT2D eigenvalue weighted by Crippen LogP contribution is -2.37. The van der Waals surface area contributed by atoms with Crippen LogP contribution in [0, 0.1) is 16.6 Å². The molecule has 1 fully saturated rings. The van der Waals surface area contributed by atoms with Crippen LogP contribution in [0.15, 0.2) is 11.0 Å². The summed E-state index contributed by atoms with van der Waals surface area (Å²) in [6.45, 7) is 5.82. The average molecular weight is 573 g/mol. The number of alkyl halides is 2. The van der Waals surface area contributed by atoms with Crippen LogP contribution >= 0.6 is 7.82 Å². The molecule has 0 amide bonds. The van der Waals surface area contributed by atoms with Crippen LogP contribution in [0.5, 0.6) is 0 Å². The van der Waals surface area contributed by atoms with Crippen molar-refractivity contribution in [1.29, 1.82) is 0 Å². The fourth-order valence-electron chi connectivity index (χ4n) is 2.66. The standard InChI is InChI=1S/C21H31F3N3O10P/c1-19(2,3)16(28)32-10-35-38(31,36-11-33-17(29)20(4,5)6)34-9-21(24)13(23)7-14(37-21)27-8-12(22)15(25)26-18(27)30/h8,13-14H,7,9-11H2,1-6H3,(H2,25,26,30)/t13-,14+,21+/m0/s1. The molecular formula is C21H31F3N3O10P. The first-order chi connectivity index (χ1) is 17.3. The number of phosphoric ester groups is 1. The SMILES string of the molecule is CC(C)(C)C(=O)OCOP(=O)(OCOC(=O)C(C)(C)C)OC[C@@]1(F)O[C@@H](n2cc(F)c(N)nc2=O)C[C@@H]1F. The minimum Gasteiger partial charge on any atom is -0.437 e. The van der Waals surface area contributed by atoms with Gasteiger partial charge in [-0.2, -0.15) is 4.98 Å². The molecule has 2 rings (SSSR count). The summed E-state index contributed by atoms with van der Waals surface area (Å²) in [5.41, 5.74) is 2.15. The van der Waals surface area contributed by atoms with Crippen LogP contribution in [0.2, 0.25) is 0 Å². The number of rotatable bonds is 10. The maximum absolute atomic E-state index is 15.3. The van der Waals surface area contributed by atoms with Crippen LogP contribution in [0.25, 0.3) is 0 Å². The number of nitrogens with two attached hydrogens (primary N) is 1. The van der Waals surface area contributed by atoms with Gasteiger partial charge in [0.25, 0.3) is 5.85 Å². The van der Waals surface area contributed by atoms with Crippen molar-refractivity contribution >= 4 is 25.6 Å². The summed E-state index contributed by atoms with van der Waals surface area (Å²) < 4.78 is 86.4.